The van der Waals surface area contributed by atoms with Crippen LogP contribution in [0.25, 0.3) is 0 Å². The molecule has 0 radical (unpaired) electrons. The quantitative estimate of drug-likeness (QED) is 0.0790. The first-order valence-electron chi connectivity index (χ1n) is 16.3. The van der Waals surface area contributed by atoms with Crippen LogP contribution >= 0.6 is 7.67 Å². The zero-order valence-electron chi connectivity index (χ0n) is 28.6. The van der Waals surface area contributed by atoms with E-state index in [1.807, 2.05) is 33.8 Å². The van der Waals surface area contributed by atoms with Gasteiger partial charge in [-0.25, -0.2) is 15.2 Å². The van der Waals surface area contributed by atoms with Crippen molar-refractivity contribution >= 4 is 31.8 Å². The number of allylic oxidation sites excluding steroid dienone is 2. The molecule has 270 valence electrons. The number of aliphatic imine (C=N–C) groups is 1. The number of nitrogens with zero attached hydrogens (tertiary/aromatic N) is 3. The fourth-order valence-corrected chi connectivity index (χ4v) is 6.59. The Bertz CT molecular complexity index is 1240. The van der Waals surface area contributed by atoms with Crippen molar-refractivity contribution in [2.45, 2.75) is 110 Å². The fourth-order valence-electron chi connectivity index (χ4n) is 4.78. The summed E-state index contributed by atoms with van der Waals surface area (Å²) >= 11 is 0. The van der Waals surface area contributed by atoms with Crippen molar-refractivity contribution in [1.82, 2.24) is 15.6 Å². The molecule has 1 saturated heterocycles. The molecule has 16 nitrogen and oxygen atoms in total. The topological polar surface area (TPSA) is 239 Å². The van der Waals surface area contributed by atoms with Crippen LogP contribution < -0.4 is 21.3 Å². The van der Waals surface area contributed by atoms with Gasteiger partial charge in [0, 0.05) is 6.42 Å². The zero-order valence-corrected chi connectivity index (χ0v) is 29.5. The van der Waals surface area contributed by atoms with E-state index in [0.29, 0.717) is 5.70 Å². The molecule has 2 aliphatic heterocycles. The summed E-state index contributed by atoms with van der Waals surface area (Å²) in [7, 11) is -4.28. The van der Waals surface area contributed by atoms with E-state index < -0.39 is 62.2 Å². The Hall–Kier alpha value is -3.16. The third-order valence-corrected chi connectivity index (χ3v) is 10.3. The molecule has 48 heavy (non-hydrogen) atoms. The molecular formula is C31H52N7O9P. The Labute approximate surface area is 282 Å². The lowest BCUT2D eigenvalue weighted by atomic mass is 9.92. The number of carbonyl (C=O) groups is 2. The summed E-state index contributed by atoms with van der Waals surface area (Å²) in [5, 5.41) is 40.6. The van der Waals surface area contributed by atoms with Crippen LogP contribution in [0.3, 0.4) is 0 Å². The first-order valence-corrected chi connectivity index (χ1v) is 18.0. The number of hydrogen-bond acceptors (Lipinski definition) is 14. The van der Waals surface area contributed by atoms with Crippen LogP contribution in [-0.2, 0) is 32.9 Å². The Morgan fingerprint density at radius 1 is 1.10 bits per heavy atom. The van der Waals surface area contributed by atoms with Crippen LogP contribution in [0, 0.1) is 23.2 Å². The number of nitrogens with one attached hydrogen (secondary N) is 3. The lowest BCUT2D eigenvalue weighted by Gasteiger charge is -2.28. The highest BCUT2D eigenvalue weighted by molar-refractivity contribution is 7.54. The van der Waals surface area contributed by atoms with Gasteiger partial charge in [-0.1, -0.05) is 65.5 Å². The van der Waals surface area contributed by atoms with Gasteiger partial charge in [0.1, 0.15) is 42.8 Å². The van der Waals surface area contributed by atoms with E-state index in [4.69, 9.17) is 24.5 Å². The molecule has 0 saturated carbocycles. The average molecular weight is 698 g/mol. The summed E-state index contributed by atoms with van der Waals surface area (Å²) in [5.41, 5.74) is 6.99. The molecule has 0 spiro atoms. The molecule has 7 N–H and O–H groups in total. The smallest absolute Gasteiger partial charge is 0.342 e. The zero-order chi connectivity index (χ0) is 35.9. The Balaban J connectivity index is 2.18. The number of nitrogens with two attached hydrogens (primary N) is 1. The van der Waals surface area contributed by atoms with Crippen LogP contribution in [0.5, 0.6) is 0 Å². The SMILES string of the molecule is CCC(CC)COC(=O)[C@H](C)NP(=O)(N[C@@H](C)C(=O)OCC(CC)CC)OC[C@H]1O[C@@](C#N)(C/C=C\C=C2/NN=CN=C2N)[C@H](O)[C@@H]1O. The van der Waals surface area contributed by atoms with E-state index in [0.717, 1.165) is 25.7 Å². The molecule has 0 aromatic rings. The Morgan fingerprint density at radius 2 is 1.65 bits per heavy atom. The second-order valence-corrected chi connectivity index (χ2v) is 13.7. The molecule has 0 aliphatic carbocycles. The maximum Gasteiger partial charge on any atom is 0.342 e. The Kier molecular flexibility index (Phi) is 16.9. The van der Waals surface area contributed by atoms with Gasteiger partial charge < -0.3 is 34.7 Å². The van der Waals surface area contributed by atoms with E-state index >= 15 is 0 Å². The standard InChI is InChI=1S/C31H52N7O9P/c1-7-22(8-2)15-44-29(41)20(5)37-48(43,38-21(6)30(42)45-16-23(9-3)10-4)46-17-25-26(39)27(40)31(18-32,47-25)14-12-11-13-24-28(33)34-19-35-36-24/h11-13,19-23,25-27,36,39-40H,7-10,14-17H2,1-6H3,(H2,33,34,35)(H2,37,38,43)/b12-11-,24-13-/t20-,21-,25+,26+,27+,31+/m0/s1. The second kappa shape index (κ2) is 19.7. The molecular weight excluding hydrogens is 645 g/mol. The third-order valence-electron chi connectivity index (χ3n) is 8.36. The summed E-state index contributed by atoms with van der Waals surface area (Å²) in [5.74, 6) is -0.841. The molecule has 0 unspecified atom stereocenters. The summed E-state index contributed by atoms with van der Waals surface area (Å²) in [6, 6.07) is -0.344. The van der Waals surface area contributed by atoms with Crippen molar-refractivity contribution in [3.63, 3.8) is 0 Å². The summed E-state index contributed by atoms with van der Waals surface area (Å²) in [6.45, 7) is 10.6. The Morgan fingerprint density at radius 3 is 2.12 bits per heavy atom. The van der Waals surface area contributed by atoms with Gasteiger partial charge in [-0.2, -0.15) is 10.4 Å². The van der Waals surface area contributed by atoms with Crippen LogP contribution in [-0.4, -0.2) is 90.1 Å². The van der Waals surface area contributed by atoms with E-state index in [1.165, 1.54) is 26.3 Å². The van der Waals surface area contributed by atoms with Crippen molar-refractivity contribution < 1.29 is 43.1 Å². The van der Waals surface area contributed by atoms with Crippen molar-refractivity contribution in [3.05, 3.63) is 23.9 Å². The third kappa shape index (κ3) is 11.8. The van der Waals surface area contributed by atoms with Gasteiger partial charge in [-0.05, 0) is 31.8 Å². The minimum absolute atomic E-state index is 0.144. The van der Waals surface area contributed by atoms with Gasteiger partial charge in [-0.15, -0.1) is 0 Å². The minimum atomic E-state index is -4.28. The number of ether oxygens (including phenoxy) is 3. The van der Waals surface area contributed by atoms with E-state index in [9.17, 15) is 29.6 Å². The normalized spacial score (nSPS) is 24.8. The molecule has 0 aromatic heterocycles. The van der Waals surface area contributed by atoms with E-state index in [-0.39, 0.29) is 37.3 Å². The van der Waals surface area contributed by atoms with Gasteiger partial charge in [0.25, 0.3) is 0 Å². The van der Waals surface area contributed by atoms with Crippen molar-refractivity contribution in [1.29, 1.82) is 5.26 Å². The van der Waals surface area contributed by atoms with Crippen LogP contribution in [0.1, 0.15) is 73.6 Å². The highest BCUT2D eigenvalue weighted by atomic mass is 31.2. The molecule has 0 amide bonds. The van der Waals surface area contributed by atoms with E-state index in [1.54, 1.807) is 12.2 Å². The van der Waals surface area contributed by atoms with Gasteiger partial charge in [0.2, 0.25) is 0 Å². The molecule has 0 bridgehead atoms. The van der Waals surface area contributed by atoms with Crippen LogP contribution in [0.2, 0.25) is 0 Å². The summed E-state index contributed by atoms with van der Waals surface area (Å²) < 4.78 is 36.5. The number of nitriles is 1. The number of hydrogen-bond donors (Lipinski definition) is 6. The van der Waals surface area contributed by atoms with Crippen molar-refractivity contribution in [2.75, 3.05) is 19.8 Å². The van der Waals surface area contributed by atoms with Gasteiger partial charge >= 0.3 is 19.6 Å². The molecule has 17 heteroatoms. The second-order valence-electron chi connectivity index (χ2n) is 11.9. The maximum atomic E-state index is 14.1. The molecule has 2 heterocycles. The lowest BCUT2D eigenvalue weighted by molar-refractivity contribution is -0.147. The summed E-state index contributed by atoms with van der Waals surface area (Å²) in [4.78, 5) is 29.4. The van der Waals surface area contributed by atoms with Crippen LogP contribution in [0.4, 0.5) is 0 Å². The number of hydrazone groups is 1. The summed E-state index contributed by atoms with van der Waals surface area (Å²) in [6.07, 6.45) is 4.42. The largest absolute Gasteiger partial charge is 0.464 e. The number of rotatable bonds is 20. The number of esters is 2. The maximum absolute atomic E-state index is 14.1. The molecule has 1 fully saturated rings. The predicted octanol–water partition coefficient (Wildman–Crippen LogP) is 2.14. The molecule has 2 rings (SSSR count). The first kappa shape index (κ1) is 41.0. The number of carbonyl (C=O) groups excluding carboxylic acids is 2. The van der Waals surface area contributed by atoms with Crippen molar-refractivity contribution in [3.8, 4) is 6.07 Å². The highest BCUT2D eigenvalue weighted by Gasteiger charge is 2.54. The van der Waals surface area contributed by atoms with E-state index in [2.05, 4.69) is 25.7 Å². The van der Waals surface area contributed by atoms with Gasteiger partial charge in [0.15, 0.2) is 11.4 Å². The minimum Gasteiger partial charge on any atom is -0.464 e. The molecule has 2 aliphatic rings. The van der Waals surface area contributed by atoms with Gasteiger partial charge in [-0.3, -0.25) is 19.6 Å². The monoisotopic (exact) mass is 697 g/mol. The predicted molar refractivity (Wildman–Crippen MR) is 179 cm³/mol. The van der Waals surface area contributed by atoms with Gasteiger partial charge in [0.05, 0.1) is 25.5 Å². The van der Waals surface area contributed by atoms with Crippen molar-refractivity contribution in [2.24, 2.45) is 27.7 Å². The number of amidine groups is 1. The first-order chi connectivity index (χ1) is 22.8. The lowest BCUT2D eigenvalue weighted by Crippen LogP contribution is -2.44. The number of aliphatic hydroxyl groups is 2. The average Bonchev–Trinajstić information content (AvgIpc) is 3.32. The molecule has 0 aromatic carbocycles. The fraction of sp³-hybridized carbons (Fsp3) is 0.710. The highest BCUT2D eigenvalue weighted by Crippen LogP contribution is 2.42. The number of aliphatic hydroxyl groups excluding tert-OH is 2. The van der Waals surface area contributed by atoms with Crippen LogP contribution in [0.15, 0.2) is 34.0 Å². The molecule has 6 atom stereocenters.